The first-order valence-electron chi connectivity index (χ1n) is 9.19. The summed E-state index contributed by atoms with van der Waals surface area (Å²) in [7, 11) is 0. The summed E-state index contributed by atoms with van der Waals surface area (Å²) >= 11 is 0. The van der Waals surface area contributed by atoms with Gasteiger partial charge in [0.05, 0.1) is 6.54 Å². The summed E-state index contributed by atoms with van der Waals surface area (Å²) in [4.78, 5) is 28.6. The van der Waals surface area contributed by atoms with E-state index in [1.807, 2.05) is 18.2 Å². The Morgan fingerprint density at radius 3 is 2.56 bits per heavy atom. The Labute approximate surface area is 158 Å². The number of benzene rings is 2. The lowest BCUT2D eigenvalue weighted by Gasteiger charge is -2.22. The zero-order valence-corrected chi connectivity index (χ0v) is 15.2. The molecule has 1 N–H and O–H groups in total. The number of carbonyl (C=O) groups is 2. The van der Waals surface area contributed by atoms with Gasteiger partial charge >= 0.3 is 0 Å². The molecule has 1 aliphatic heterocycles. The van der Waals surface area contributed by atoms with E-state index >= 15 is 0 Å². The Hall–Kier alpha value is -2.73. The molecule has 2 aromatic rings. The summed E-state index contributed by atoms with van der Waals surface area (Å²) in [5.41, 5.74) is 1.48. The van der Waals surface area contributed by atoms with Gasteiger partial charge in [0.15, 0.2) is 0 Å². The van der Waals surface area contributed by atoms with E-state index in [2.05, 4.69) is 22.3 Å². The Kier molecular flexibility index (Phi) is 6.54. The smallest absolute Gasteiger partial charge is 0.251 e. The molecule has 2 amide bonds. The van der Waals surface area contributed by atoms with Crippen LogP contribution in [-0.2, 0) is 11.3 Å². The van der Waals surface area contributed by atoms with Gasteiger partial charge in [-0.05, 0) is 30.2 Å². The molecule has 2 aromatic carbocycles. The van der Waals surface area contributed by atoms with Crippen LogP contribution in [0.15, 0.2) is 54.6 Å². The maximum atomic E-state index is 13.2. The van der Waals surface area contributed by atoms with Crippen LogP contribution in [0.3, 0.4) is 0 Å². The van der Waals surface area contributed by atoms with Gasteiger partial charge in [0.2, 0.25) is 5.91 Å². The molecule has 0 aromatic heterocycles. The average Bonchev–Trinajstić information content (AvgIpc) is 2.92. The lowest BCUT2D eigenvalue weighted by atomic mass is 10.2. The average molecular weight is 369 g/mol. The van der Waals surface area contributed by atoms with E-state index in [1.165, 1.54) is 23.8 Å². The third-order valence-electron chi connectivity index (χ3n) is 4.68. The lowest BCUT2D eigenvalue weighted by Crippen LogP contribution is -2.42. The number of amides is 2. The Morgan fingerprint density at radius 1 is 0.963 bits per heavy atom. The van der Waals surface area contributed by atoms with Crippen LogP contribution in [0.4, 0.5) is 4.39 Å². The van der Waals surface area contributed by atoms with Crippen LogP contribution < -0.4 is 5.32 Å². The maximum absolute atomic E-state index is 13.2. The van der Waals surface area contributed by atoms with E-state index < -0.39 is 11.7 Å². The lowest BCUT2D eigenvalue weighted by molar-refractivity contribution is -0.130. The normalized spacial score (nSPS) is 15.2. The maximum Gasteiger partial charge on any atom is 0.251 e. The molecule has 0 unspecified atom stereocenters. The fourth-order valence-corrected chi connectivity index (χ4v) is 3.22. The molecular formula is C21H24FN3O2. The molecule has 0 bridgehead atoms. The Balaban J connectivity index is 1.47. The van der Waals surface area contributed by atoms with Crippen molar-refractivity contribution in [3.8, 4) is 0 Å². The van der Waals surface area contributed by atoms with Crippen LogP contribution >= 0.6 is 0 Å². The summed E-state index contributed by atoms with van der Waals surface area (Å²) in [6.45, 7) is 3.86. The number of nitrogens with one attached hydrogen (secondary N) is 1. The topological polar surface area (TPSA) is 52.7 Å². The molecule has 3 rings (SSSR count). The SMILES string of the molecule is O=C(NCC(=O)N1CCCN(Cc2ccccc2)CC1)c1cccc(F)c1. The van der Waals surface area contributed by atoms with Crippen LogP contribution in [-0.4, -0.2) is 54.3 Å². The largest absolute Gasteiger partial charge is 0.343 e. The molecule has 0 spiro atoms. The second-order valence-corrected chi connectivity index (χ2v) is 6.69. The van der Waals surface area contributed by atoms with E-state index in [0.717, 1.165) is 32.1 Å². The minimum absolute atomic E-state index is 0.0754. The molecule has 27 heavy (non-hydrogen) atoms. The van der Waals surface area contributed by atoms with Crippen molar-refractivity contribution in [1.29, 1.82) is 0 Å². The van der Waals surface area contributed by atoms with Gasteiger partial charge in [0.25, 0.3) is 5.91 Å². The standard InChI is InChI=1S/C21H24FN3O2/c22-19-9-4-8-18(14-19)21(27)23-15-20(26)25-11-5-10-24(12-13-25)16-17-6-2-1-3-7-17/h1-4,6-9,14H,5,10-13,15-16H2,(H,23,27). The minimum Gasteiger partial charge on any atom is -0.343 e. The molecule has 5 nitrogen and oxygen atoms in total. The van der Waals surface area contributed by atoms with Crippen LogP contribution in [0.2, 0.25) is 0 Å². The summed E-state index contributed by atoms with van der Waals surface area (Å²) < 4.78 is 13.2. The summed E-state index contributed by atoms with van der Waals surface area (Å²) in [6, 6.07) is 15.7. The summed E-state index contributed by atoms with van der Waals surface area (Å²) in [6.07, 6.45) is 0.899. The second kappa shape index (κ2) is 9.28. The molecule has 0 atom stereocenters. The fourth-order valence-electron chi connectivity index (χ4n) is 3.22. The van der Waals surface area contributed by atoms with Gasteiger partial charge in [-0.3, -0.25) is 14.5 Å². The summed E-state index contributed by atoms with van der Waals surface area (Å²) in [5, 5.41) is 2.58. The van der Waals surface area contributed by atoms with Gasteiger partial charge in [-0.1, -0.05) is 36.4 Å². The highest BCUT2D eigenvalue weighted by molar-refractivity contribution is 5.96. The van der Waals surface area contributed by atoms with E-state index in [9.17, 15) is 14.0 Å². The van der Waals surface area contributed by atoms with Gasteiger partial charge in [0, 0.05) is 38.3 Å². The van der Waals surface area contributed by atoms with E-state index in [4.69, 9.17) is 0 Å². The zero-order valence-electron chi connectivity index (χ0n) is 15.2. The van der Waals surface area contributed by atoms with Crippen molar-refractivity contribution in [2.24, 2.45) is 0 Å². The highest BCUT2D eigenvalue weighted by Gasteiger charge is 2.19. The van der Waals surface area contributed by atoms with E-state index in [-0.39, 0.29) is 18.0 Å². The first kappa shape index (κ1) is 19.0. The van der Waals surface area contributed by atoms with Gasteiger partial charge in [-0.15, -0.1) is 0 Å². The molecule has 142 valence electrons. The van der Waals surface area contributed by atoms with E-state index in [0.29, 0.717) is 13.1 Å². The predicted molar refractivity (Wildman–Crippen MR) is 102 cm³/mol. The van der Waals surface area contributed by atoms with Gasteiger partial charge in [0.1, 0.15) is 5.82 Å². The first-order valence-corrected chi connectivity index (χ1v) is 9.19. The van der Waals surface area contributed by atoms with Crippen molar-refractivity contribution in [2.75, 3.05) is 32.7 Å². The van der Waals surface area contributed by atoms with Crippen molar-refractivity contribution in [3.05, 3.63) is 71.5 Å². The van der Waals surface area contributed by atoms with Gasteiger partial charge in [-0.25, -0.2) is 4.39 Å². The number of hydrogen-bond acceptors (Lipinski definition) is 3. The fraction of sp³-hybridized carbons (Fsp3) is 0.333. The zero-order chi connectivity index (χ0) is 19.1. The van der Waals surface area contributed by atoms with Crippen LogP contribution in [0.1, 0.15) is 22.3 Å². The molecule has 0 aliphatic carbocycles. The minimum atomic E-state index is -0.472. The van der Waals surface area contributed by atoms with Crippen LogP contribution in [0.5, 0.6) is 0 Å². The monoisotopic (exact) mass is 369 g/mol. The van der Waals surface area contributed by atoms with Crippen molar-refractivity contribution >= 4 is 11.8 Å². The highest BCUT2D eigenvalue weighted by Crippen LogP contribution is 2.09. The van der Waals surface area contributed by atoms with Gasteiger partial charge in [-0.2, -0.15) is 0 Å². The molecule has 0 radical (unpaired) electrons. The number of carbonyl (C=O) groups excluding carboxylic acids is 2. The van der Waals surface area contributed by atoms with Crippen molar-refractivity contribution in [2.45, 2.75) is 13.0 Å². The quantitative estimate of drug-likeness (QED) is 0.880. The molecule has 0 saturated carbocycles. The number of hydrogen-bond donors (Lipinski definition) is 1. The molecule has 1 saturated heterocycles. The second-order valence-electron chi connectivity index (χ2n) is 6.69. The predicted octanol–water partition coefficient (Wildman–Crippen LogP) is 2.29. The van der Waals surface area contributed by atoms with Crippen molar-refractivity contribution in [1.82, 2.24) is 15.1 Å². The number of nitrogens with zero attached hydrogens (tertiary/aromatic N) is 2. The Bertz CT molecular complexity index is 782. The molecule has 1 fully saturated rings. The molecule has 6 heteroatoms. The third-order valence-corrected chi connectivity index (χ3v) is 4.68. The molecule has 1 heterocycles. The van der Waals surface area contributed by atoms with Crippen molar-refractivity contribution < 1.29 is 14.0 Å². The van der Waals surface area contributed by atoms with Crippen LogP contribution in [0, 0.1) is 5.82 Å². The molecule has 1 aliphatic rings. The third kappa shape index (κ3) is 5.62. The van der Waals surface area contributed by atoms with E-state index in [1.54, 1.807) is 4.90 Å². The summed E-state index contributed by atoms with van der Waals surface area (Å²) in [5.74, 6) is -1.02. The first-order chi connectivity index (χ1) is 13.1. The number of halogens is 1. The van der Waals surface area contributed by atoms with Gasteiger partial charge < -0.3 is 10.2 Å². The number of rotatable bonds is 5. The van der Waals surface area contributed by atoms with Crippen LogP contribution in [0.25, 0.3) is 0 Å². The van der Waals surface area contributed by atoms with Crippen molar-refractivity contribution in [3.63, 3.8) is 0 Å². The molecular weight excluding hydrogens is 345 g/mol. The highest BCUT2D eigenvalue weighted by atomic mass is 19.1. The Morgan fingerprint density at radius 2 is 1.78 bits per heavy atom.